The third-order valence-electron chi connectivity index (χ3n) is 4.84. The van der Waals surface area contributed by atoms with Crippen molar-refractivity contribution in [3.8, 4) is 0 Å². The molecule has 3 aliphatic rings. The first-order valence-electron chi connectivity index (χ1n) is 7.50. The Balaban J connectivity index is 1.76. The van der Waals surface area contributed by atoms with Crippen molar-refractivity contribution >= 4 is 11.6 Å². The van der Waals surface area contributed by atoms with Gasteiger partial charge in [-0.25, -0.2) is 0 Å². The number of nitrogens with one attached hydrogen (secondary N) is 1. The minimum Gasteiger partial charge on any atom is -0.317 e. The molecular weight excluding hydrogens is 236 g/mol. The summed E-state index contributed by atoms with van der Waals surface area (Å²) in [6.45, 7) is 3.18. The van der Waals surface area contributed by atoms with Crippen LogP contribution in [0.4, 0.5) is 5.69 Å². The molecule has 100 valence electrons. The van der Waals surface area contributed by atoms with Crippen LogP contribution in [0.15, 0.2) is 12.1 Å². The Bertz CT molecular complexity index is 532. The fourth-order valence-electron chi connectivity index (χ4n) is 3.90. The zero-order chi connectivity index (χ0) is 12.8. The number of amides is 1. The summed E-state index contributed by atoms with van der Waals surface area (Å²) < 4.78 is 0. The van der Waals surface area contributed by atoms with Crippen LogP contribution in [-0.4, -0.2) is 25.5 Å². The second-order valence-electron chi connectivity index (χ2n) is 6.04. The predicted octanol–water partition coefficient (Wildman–Crippen LogP) is 1.99. The highest BCUT2D eigenvalue weighted by atomic mass is 16.2. The molecule has 0 radical (unpaired) electrons. The smallest absolute Gasteiger partial charge is 0.231 e. The van der Waals surface area contributed by atoms with Gasteiger partial charge in [0.1, 0.15) is 0 Å². The first-order valence-corrected chi connectivity index (χ1v) is 7.50. The lowest BCUT2D eigenvalue weighted by molar-refractivity contribution is -0.117. The Kier molecular flexibility index (Phi) is 2.62. The second kappa shape index (κ2) is 4.34. The van der Waals surface area contributed by atoms with Gasteiger partial charge in [-0.3, -0.25) is 4.79 Å². The van der Waals surface area contributed by atoms with Gasteiger partial charge in [0, 0.05) is 6.54 Å². The molecule has 0 atom stereocenters. The molecule has 1 aromatic carbocycles. The summed E-state index contributed by atoms with van der Waals surface area (Å²) in [7, 11) is 0. The molecule has 3 nitrogen and oxygen atoms in total. The maximum atomic E-state index is 12.1. The van der Waals surface area contributed by atoms with E-state index in [9.17, 15) is 4.79 Å². The highest BCUT2D eigenvalue weighted by molar-refractivity contribution is 6.02. The Hall–Kier alpha value is -1.35. The third-order valence-corrected chi connectivity index (χ3v) is 4.84. The maximum Gasteiger partial charge on any atom is 0.231 e. The monoisotopic (exact) mass is 256 g/mol. The lowest BCUT2D eigenvalue weighted by Crippen LogP contribution is -2.31. The normalized spacial score (nSPS) is 22.7. The van der Waals surface area contributed by atoms with E-state index in [1.165, 1.54) is 35.2 Å². The van der Waals surface area contributed by atoms with E-state index in [0.29, 0.717) is 18.2 Å². The van der Waals surface area contributed by atoms with Gasteiger partial charge >= 0.3 is 0 Å². The topological polar surface area (TPSA) is 32.3 Å². The van der Waals surface area contributed by atoms with Crippen LogP contribution in [0.25, 0.3) is 0 Å². The number of anilines is 1. The summed E-state index contributed by atoms with van der Waals surface area (Å²) in [6, 6.07) is 4.71. The van der Waals surface area contributed by atoms with Crippen LogP contribution >= 0.6 is 0 Å². The lowest BCUT2D eigenvalue weighted by Gasteiger charge is -2.28. The van der Waals surface area contributed by atoms with E-state index in [0.717, 1.165) is 32.5 Å². The van der Waals surface area contributed by atoms with Crippen molar-refractivity contribution in [2.45, 2.75) is 38.0 Å². The van der Waals surface area contributed by atoms with Gasteiger partial charge in [-0.05, 0) is 61.4 Å². The molecule has 1 amide bonds. The molecule has 3 aliphatic heterocycles. The van der Waals surface area contributed by atoms with E-state index < -0.39 is 0 Å². The summed E-state index contributed by atoms with van der Waals surface area (Å²) in [4.78, 5) is 14.1. The summed E-state index contributed by atoms with van der Waals surface area (Å²) in [6.07, 6.45) is 5.35. The highest BCUT2D eigenvalue weighted by Gasteiger charge is 2.33. The Morgan fingerprint density at radius 3 is 2.79 bits per heavy atom. The van der Waals surface area contributed by atoms with Crippen LogP contribution in [0.1, 0.15) is 41.9 Å². The predicted molar refractivity (Wildman–Crippen MR) is 75.7 cm³/mol. The van der Waals surface area contributed by atoms with E-state index >= 15 is 0 Å². The molecule has 4 rings (SSSR count). The fourth-order valence-corrected chi connectivity index (χ4v) is 3.90. The molecule has 0 saturated carbocycles. The lowest BCUT2D eigenvalue weighted by atomic mass is 9.86. The molecule has 0 spiro atoms. The summed E-state index contributed by atoms with van der Waals surface area (Å²) in [5.41, 5.74) is 5.44. The molecule has 1 fully saturated rings. The Labute approximate surface area is 114 Å². The van der Waals surface area contributed by atoms with Gasteiger partial charge in [-0.2, -0.15) is 0 Å². The quantitative estimate of drug-likeness (QED) is 0.833. The third kappa shape index (κ3) is 1.79. The first-order chi connectivity index (χ1) is 9.33. The van der Waals surface area contributed by atoms with E-state index in [4.69, 9.17) is 0 Å². The minimum atomic E-state index is 0.304. The van der Waals surface area contributed by atoms with Crippen LogP contribution in [0.2, 0.25) is 0 Å². The molecule has 1 N–H and O–H groups in total. The van der Waals surface area contributed by atoms with E-state index in [1.54, 1.807) is 0 Å². The van der Waals surface area contributed by atoms with Crippen LogP contribution in [0.3, 0.4) is 0 Å². The van der Waals surface area contributed by atoms with Gasteiger partial charge in [-0.1, -0.05) is 12.1 Å². The van der Waals surface area contributed by atoms with Gasteiger partial charge in [0.05, 0.1) is 12.1 Å². The van der Waals surface area contributed by atoms with Crippen molar-refractivity contribution in [2.75, 3.05) is 24.5 Å². The molecule has 0 aromatic heterocycles. The van der Waals surface area contributed by atoms with Crippen LogP contribution in [0.5, 0.6) is 0 Å². The average Bonchev–Trinajstić information content (AvgIpc) is 2.78. The largest absolute Gasteiger partial charge is 0.317 e. The number of nitrogens with zero attached hydrogens (tertiary/aromatic N) is 1. The van der Waals surface area contributed by atoms with Crippen molar-refractivity contribution in [3.63, 3.8) is 0 Å². The van der Waals surface area contributed by atoms with Crippen molar-refractivity contribution in [2.24, 2.45) is 0 Å². The zero-order valence-corrected chi connectivity index (χ0v) is 11.2. The van der Waals surface area contributed by atoms with Gasteiger partial charge in [0.25, 0.3) is 0 Å². The zero-order valence-electron chi connectivity index (χ0n) is 11.2. The molecule has 3 heteroatoms. The number of carbonyl (C=O) groups excluding carboxylic acids is 1. The Morgan fingerprint density at radius 1 is 1.16 bits per heavy atom. The molecule has 19 heavy (non-hydrogen) atoms. The molecule has 0 aliphatic carbocycles. The summed E-state index contributed by atoms with van der Waals surface area (Å²) in [5, 5.41) is 3.43. The minimum absolute atomic E-state index is 0.304. The summed E-state index contributed by atoms with van der Waals surface area (Å²) >= 11 is 0. The molecule has 1 saturated heterocycles. The van der Waals surface area contributed by atoms with Gasteiger partial charge < -0.3 is 10.2 Å². The highest BCUT2D eigenvalue weighted by Crippen LogP contribution is 2.40. The van der Waals surface area contributed by atoms with Crippen LogP contribution in [0, 0.1) is 0 Å². The number of benzene rings is 1. The van der Waals surface area contributed by atoms with Crippen molar-refractivity contribution < 1.29 is 4.79 Å². The Morgan fingerprint density at radius 2 is 1.95 bits per heavy atom. The van der Waals surface area contributed by atoms with Crippen molar-refractivity contribution in [1.82, 2.24) is 5.32 Å². The van der Waals surface area contributed by atoms with Crippen LogP contribution < -0.4 is 10.2 Å². The number of rotatable bonds is 1. The standard InChI is InChI=1S/C16H20N2O/c19-15-10-14-9-13(11-3-5-17-6-4-11)8-12-2-1-7-18(15)16(12)14/h8-9,11,17H,1-7,10H2. The second-order valence-corrected chi connectivity index (χ2v) is 6.04. The molecule has 0 unspecified atom stereocenters. The SMILES string of the molecule is O=C1Cc2cc(C3CCNCC3)cc3c2N1CCC3. The average molecular weight is 256 g/mol. The van der Waals surface area contributed by atoms with E-state index in [-0.39, 0.29) is 0 Å². The van der Waals surface area contributed by atoms with Crippen molar-refractivity contribution in [1.29, 1.82) is 0 Å². The molecule has 1 aromatic rings. The fraction of sp³-hybridized carbons (Fsp3) is 0.562. The van der Waals surface area contributed by atoms with Gasteiger partial charge in [0.15, 0.2) is 0 Å². The van der Waals surface area contributed by atoms with Crippen molar-refractivity contribution in [3.05, 3.63) is 28.8 Å². The van der Waals surface area contributed by atoms with Gasteiger partial charge in [-0.15, -0.1) is 0 Å². The number of hydrogen-bond acceptors (Lipinski definition) is 2. The molecule has 3 heterocycles. The van der Waals surface area contributed by atoms with E-state index in [1.807, 2.05) is 4.90 Å². The maximum absolute atomic E-state index is 12.1. The summed E-state index contributed by atoms with van der Waals surface area (Å²) in [5.74, 6) is 0.993. The van der Waals surface area contributed by atoms with Crippen LogP contribution in [-0.2, 0) is 17.6 Å². The molecule has 0 bridgehead atoms. The number of hydrogen-bond donors (Lipinski definition) is 1. The number of aryl methyl sites for hydroxylation is 1. The number of carbonyl (C=O) groups is 1. The van der Waals surface area contributed by atoms with E-state index in [2.05, 4.69) is 17.4 Å². The molecular formula is C16H20N2O. The first kappa shape index (κ1) is 11.5. The van der Waals surface area contributed by atoms with Gasteiger partial charge in [0.2, 0.25) is 5.91 Å². The number of piperidine rings is 1.